The molecule has 2 heteroatoms. The standard InChI is InChI=1S/C11H13NO/c1-13-8-3-2-5-10-6-4-7-11(12)9-10/h4,6-7,9H,3,8,12H2,1H3. The van der Waals surface area contributed by atoms with Crippen LogP contribution in [0.5, 0.6) is 0 Å². The van der Waals surface area contributed by atoms with E-state index < -0.39 is 0 Å². The lowest BCUT2D eigenvalue weighted by Crippen LogP contribution is -1.86. The Hall–Kier alpha value is -1.46. The van der Waals surface area contributed by atoms with E-state index in [1.807, 2.05) is 24.3 Å². The molecule has 0 heterocycles. The van der Waals surface area contributed by atoms with Crippen LogP contribution >= 0.6 is 0 Å². The van der Waals surface area contributed by atoms with Gasteiger partial charge in [0.25, 0.3) is 0 Å². The average molecular weight is 175 g/mol. The Bertz CT molecular complexity index is 322. The van der Waals surface area contributed by atoms with E-state index in [1.54, 1.807) is 7.11 Å². The Labute approximate surface area is 78.7 Å². The van der Waals surface area contributed by atoms with Gasteiger partial charge in [-0.2, -0.15) is 0 Å². The van der Waals surface area contributed by atoms with Crippen LogP contribution in [0.25, 0.3) is 0 Å². The maximum atomic E-state index is 5.60. The van der Waals surface area contributed by atoms with E-state index in [-0.39, 0.29) is 0 Å². The highest BCUT2D eigenvalue weighted by Gasteiger charge is 1.86. The first-order valence-corrected chi connectivity index (χ1v) is 4.16. The molecule has 13 heavy (non-hydrogen) atoms. The van der Waals surface area contributed by atoms with Crippen molar-refractivity contribution in [2.75, 3.05) is 19.5 Å². The number of benzene rings is 1. The second-order valence-electron chi connectivity index (χ2n) is 2.67. The molecule has 1 rings (SSSR count). The zero-order chi connectivity index (χ0) is 9.52. The third-order valence-corrected chi connectivity index (χ3v) is 1.55. The SMILES string of the molecule is COCCC#Cc1cccc(N)c1. The zero-order valence-corrected chi connectivity index (χ0v) is 7.71. The van der Waals surface area contributed by atoms with E-state index in [4.69, 9.17) is 10.5 Å². The molecule has 0 amide bonds. The molecule has 0 fully saturated rings. The lowest BCUT2D eigenvalue weighted by atomic mass is 10.2. The normalized spacial score (nSPS) is 9.00. The van der Waals surface area contributed by atoms with E-state index in [9.17, 15) is 0 Å². The summed E-state index contributed by atoms with van der Waals surface area (Å²) >= 11 is 0. The summed E-state index contributed by atoms with van der Waals surface area (Å²) in [7, 11) is 1.67. The number of nitrogens with two attached hydrogens (primary N) is 1. The molecule has 0 aromatic heterocycles. The van der Waals surface area contributed by atoms with Crippen molar-refractivity contribution >= 4 is 5.69 Å². The lowest BCUT2D eigenvalue weighted by molar-refractivity contribution is 0.206. The van der Waals surface area contributed by atoms with Gasteiger partial charge in [0.1, 0.15) is 0 Å². The van der Waals surface area contributed by atoms with Crippen LogP contribution in [-0.4, -0.2) is 13.7 Å². The van der Waals surface area contributed by atoms with Crippen molar-refractivity contribution in [1.29, 1.82) is 0 Å². The second-order valence-corrected chi connectivity index (χ2v) is 2.67. The van der Waals surface area contributed by atoms with Crippen LogP contribution in [0.1, 0.15) is 12.0 Å². The topological polar surface area (TPSA) is 35.2 Å². The Kier molecular flexibility index (Phi) is 3.87. The predicted octanol–water partition coefficient (Wildman–Crippen LogP) is 1.66. The average Bonchev–Trinajstić information content (AvgIpc) is 2.13. The van der Waals surface area contributed by atoms with Crippen molar-refractivity contribution in [3.63, 3.8) is 0 Å². The lowest BCUT2D eigenvalue weighted by Gasteiger charge is -1.92. The summed E-state index contributed by atoms with van der Waals surface area (Å²) in [6, 6.07) is 7.55. The molecule has 2 nitrogen and oxygen atoms in total. The molecule has 0 aliphatic heterocycles. The molecule has 0 radical (unpaired) electrons. The van der Waals surface area contributed by atoms with E-state index >= 15 is 0 Å². The summed E-state index contributed by atoms with van der Waals surface area (Å²) < 4.78 is 4.88. The summed E-state index contributed by atoms with van der Waals surface area (Å²) in [5.41, 5.74) is 7.30. The largest absolute Gasteiger partial charge is 0.399 e. The van der Waals surface area contributed by atoms with E-state index in [1.165, 1.54) is 0 Å². The molecular weight excluding hydrogens is 162 g/mol. The van der Waals surface area contributed by atoms with E-state index in [0.29, 0.717) is 6.61 Å². The van der Waals surface area contributed by atoms with Gasteiger partial charge in [-0.3, -0.25) is 0 Å². The Morgan fingerprint density at radius 2 is 2.31 bits per heavy atom. The van der Waals surface area contributed by atoms with Gasteiger partial charge in [0, 0.05) is 24.8 Å². The maximum absolute atomic E-state index is 5.60. The highest BCUT2D eigenvalue weighted by molar-refractivity contribution is 5.46. The minimum Gasteiger partial charge on any atom is -0.399 e. The van der Waals surface area contributed by atoms with Crippen LogP contribution < -0.4 is 5.73 Å². The maximum Gasteiger partial charge on any atom is 0.0571 e. The molecule has 0 saturated carbocycles. The highest BCUT2D eigenvalue weighted by atomic mass is 16.5. The Morgan fingerprint density at radius 3 is 3.00 bits per heavy atom. The summed E-state index contributed by atoms with van der Waals surface area (Å²) in [6.07, 6.45) is 0.755. The van der Waals surface area contributed by atoms with Crippen molar-refractivity contribution < 1.29 is 4.74 Å². The van der Waals surface area contributed by atoms with Crippen molar-refractivity contribution in [2.24, 2.45) is 0 Å². The number of rotatable bonds is 2. The van der Waals surface area contributed by atoms with Gasteiger partial charge < -0.3 is 10.5 Å². The van der Waals surface area contributed by atoms with Gasteiger partial charge in [0.2, 0.25) is 0 Å². The monoisotopic (exact) mass is 175 g/mol. The molecule has 0 saturated heterocycles. The van der Waals surface area contributed by atoms with Crippen molar-refractivity contribution in [1.82, 2.24) is 0 Å². The van der Waals surface area contributed by atoms with Gasteiger partial charge in [-0.15, -0.1) is 0 Å². The minimum absolute atomic E-state index is 0.676. The van der Waals surface area contributed by atoms with Crippen molar-refractivity contribution in [2.45, 2.75) is 6.42 Å². The van der Waals surface area contributed by atoms with Gasteiger partial charge in [-0.1, -0.05) is 17.9 Å². The van der Waals surface area contributed by atoms with Crippen LogP contribution in [0, 0.1) is 11.8 Å². The van der Waals surface area contributed by atoms with Crippen molar-refractivity contribution in [3.05, 3.63) is 29.8 Å². The van der Waals surface area contributed by atoms with Crippen LogP contribution in [0.2, 0.25) is 0 Å². The minimum atomic E-state index is 0.676. The highest BCUT2D eigenvalue weighted by Crippen LogP contribution is 2.04. The van der Waals surface area contributed by atoms with E-state index in [2.05, 4.69) is 11.8 Å². The van der Waals surface area contributed by atoms with Gasteiger partial charge >= 0.3 is 0 Å². The summed E-state index contributed by atoms with van der Waals surface area (Å²) in [4.78, 5) is 0. The third-order valence-electron chi connectivity index (χ3n) is 1.55. The second kappa shape index (κ2) is 5.23. The Balaban J connectivity index is 2.56. The summed E-state index contributed by atoms with van der Waals surface area (Å²) in [6.45, 7) is 0.676. The zero-order valence-electron chi connectivity index (χ0n) is 7.71. The summed E-state index contributed by atoms with van der Waals surface area (Å²) in [5.74, 6) is 6.01. The molecule has 0 aliphatic carbocycles. The first-order valence-electron chi connectivity index (χ1n) is 4.16. The van der Waals surface area contributed by atoms with Gasteiger partial charge in [-0.25, -0.2) is 0 Å². The van der Waals surface area contributed by atoms with Crippen LogP contribution in [0.3, 0.4) is 0 Å². The fourth-order valence-corrected chi connectivity index (χ4v) is 0.934. The molecule has 1 aromatic carbocycles. The van der Waals surface area contributed by atoms with E-state index in [0.717, 1.165) is 17.7 Å². The van der Waals surface area contributed by atoms with Crippen molar-refractivity contribution in [3.8, 4) is 11.8 Å². The number of hydrogen-bond acceptors (Lipinski definition) is 2. The number of anilines is 1. The van der Waals surface area contributed by atoms with Crippen LogP contribution in [0.4, 0.5) is 5.69 Å². The molecule has 0 bridgehead atoms. The first kappa shape index (κ1) is 9.63. The molecule has 0 unspecified atom stereocenters. The molecule has 68 valence electrons. The molecule has 0 aliphatic rings. The first-order chi connectivity index (χ1) is 6.33. The third kappa shape index (κ3) is 3.64. The van der Waals surface area contributed by atoms with Gasteiger partial charge in [-0.05, 0) is 18.2 Å². The molecule has 0 atom stereocenters. The molecule has 1 aromatic rings. The van der Waals surface area contributed by atoms with Gasteiger partial charge in [0.05, 0.1) is 6.61 Å². The number of nitrogen functional groups attached to an aromatic ring is 1. The quantitative estimate of drug-likeness (QED) is 0.421. The number of methoxy groups -OCH3 is 1. The molecule has 0 spiro atoms. The Morgan fingerprint density at radius 1 is 1.46 bits per heavy atom. The van der Waals surface area contributed by atoms with Gasteiger partial charge in [0.15, 0.2) is 0 Å². The summed E-state index contributed by atoms with van der Waals surface area (Å²) in [5, 5.41) is 0. The fraction of sp³-hybridized carbons (Fsp3) is 0.273. The van der Waals surface area contributed by atoms with Crippen LogP contribution in [-0.2, 0) is 4.74 Å². The van der Waals surface area contributed by atoms with Crippen LogP contribution in [0.15, 0.2) is 24.3 Å². The predicted molar refractivity (Wildman–Crippen MR) is 54.2 cm³/mol. The molecule has 2 N–H and O–H groups in total. The number of ether oxygens (including phenoxy) is 1. The smallest absolute Gasteiger partial charge is 0.0571 e. The fourth-order valence-electron chi connectivity index (χ4n) is 0.934. The molecular formula is C11H13NO. The number of hydrogen-bond donors (Lipinski definition) is 1.